The molecule has 1 heterocycles. The smallest absolute Gasteiger partial charge is 0.209 e. The maximum atomic E-state index is 10.6. The second-order valence-corrected chi connectivity index (χ2v) is 3.20. The van der Waals surface area contributed by atoms with E-state index in [1.165, 1.54) is 0 Å². The molecule has 4 nitrogen and oxygen atoms in total. The van der Waals surface area contributed by atoms with E-state index in [1.54, 1.807) is 7.11 Å². The van der Waals surface area contributed by atoms with Crippen LogP contribution in [0.2, 0.25) is 0 Å². The average Bonchev–Trinajstić information content (AvgIpc) is 2.18. The molecule has 0 saturated carbocycles. The quantitative estimate of drug-likeness (QED) is 0.485. The third-order valence-electron chi connectivity index (χ3n) is 2.43. The number of piperidine rings is 1. The molecule has 0 aromatic carbocycles. The Hall–Kier alpha value is -1.06. The van der Waals surface area contributed by atoms with Crippen LogP contribution in [0, 0.1) is 0 Å². The van der Waals surface area contributed by atoms with Crippen LogP contribution >= 0.6 is 0 Å². The van der Waals surface area contributed by atoms with Gasteiger partial charge >= 0.3 is 0 Å². The van der Waals surface area contributed by atoms with Crippen LogP contribution in [0.25, 0.3) is 0 Å². The van der Waals surface area contributed by atoms with Crippen molar-refractivity contribution < 1.29 is 9.63 Å². The first-order valence-corrected chi connectivity index (χ1v) is 4.61. The molecule has 0 unspecified atom stereocenters. The highest BCUT2D eigenvalue weighted by Crippen LogP contribution is 2.16. The topological polar surface area (TPSA) is 41.9 Å². The zero-order valence-electron chi connectivity index (χ0n) is 8.19. The van der Waals surface area contributed by atoms with E-state index in [9.17, 15) is 4.79 Å². The summed E-state index contributed by atoms with van der Waals surface area (Å²) in [6.07, 6.45) is 3.59. The largest absolute Gasteiger partial charge is 0.399 e. The highest BCUT2D eigenvalue weighted by atomic mass is 16.6. The minimum absolute atomic E-state index is 0.306. The van der Waals surface area contributed by atoms with E-state index in [4.69, 9.17) is 4.84 Å². The molecule has 1 amide bonds. The van der Waals surface area contributed by atoms with Crippen molar-refractivity contribution in [2.45, 2.75) is 32.2 Å². The minimum atomic E-state index is 0.306. The number of oxime groups is 1. The van der Waals surface area contributed by atoms with Gasteiger partial charge < -0.3 is 9.74 Å². The van der Waals surface area contributed by atoms with Crippen molar-refractivity contribution >= 4 is 12.1 Å². The van der Waals surface area contributed by atoms with Gasteiger partial charge in [-0.05, 0) is 6.42 Å². The van der Waals surface area contributed by atoms with Gasteiger partial charge in [-0.1, -0.05) is 12.1 Å². The maximum absolute atomic E-state index is 10.6. The second-order valence-electron chi connectivity index (χ2n) is 3.20. The van der Waals surface area contributed by atoms with Crippen LogP contribution in [-0.2, 0) is 9.63 Å². The lowest BCUT2D eigenvalue weighted by Crippen LogP contribution is -2.41. The molecule has 0 N–H and O–H groups in total. The SMILES string of the molecule is CC[C@H]1C/C(=N/OC)CCN1C=O. The van der Waals surface area contributed by atoms with Gasteiger partial charge in [0.15, 0.2) is 0 Å². The van der Waals surface area contributed by atoms with Crippen molar-refractivity contribution in [3.05, 3.63) is 0 Å². The summed E-state index contributed by atoms with van der Waals surface area (Å²) in [5, 5.41) is 3.92. The minimum Gasteiger partial charge on any atom is -0.399 e. The third-order valence-corrected chi connectivity index (χ3v) is 2.43. The Labute approximate surface area is 78.5 Å². The Morgan fingerprint density at radius 1 is 1.77 bits per heavy atom. The van der Waals surface area contributed by atoms with Crippen LogP contribution in [0.4, 0.5) is 0 Å². The van der Waals surface area contributed by atoms with Gasteiger partial charge in [-0.15, -0.1) is 0 Å². The molecule has 1 aliphatic heterocycles. The standard InChI is InChI=1S/C9H16N2O2/c1-3-9-6-8(10-13-2)4-5-11(9)7-12/h7,9H,3-6H2,1-2H3/b10-8+/t9-/m0/s1. The van der Waals surface area contributed by atoms with Crippen molar-refractivity contribution in [1.29, 1.82) is 0 Å². The molecule has 13 heavy (non-hydrogen) atoms. The van der Waals surface area contributed by atoms with Crippen LogP contribution in [-0.4, -0.2) is 36.7 Å². The Morgan fingerprint density at radius 2 is 2.54 bits per heavy atom. The molecular weight excluding hydrogens is 168 g/mol. The number of hydrogen-bond donors (Lipinski definition) is 0. The lowest BCUT2D eigenvalue weighted by atomic mass is 9.99. The van der Waals surface area contributed by atoms with E-state index in [1.807, 2.05) is 4.90 Å². The van der Waals surface area contributed by atoms with Gasteiger partial charge in [-0.2, -0.15) is 0 Å². The zero-order valence-corrected chi connectivity index (χ0v) is 8.19. The van der Waals surface area contributed by atoms with E-state index in [0.717, 1.165) is 37.9 Å². The van der Waals surface area contributed by atoms with E-state index < -0.39 is 0 Å². The average molecular weight is 184 g/mol. The van der Waals surface area contributed by atoms with Gasteiger partial charge in [0.2, 0.25) is 6.41 Å². The van der Waals surface area contributed by atoms with Gasteiger partial charge in [0.05, 0.1) is 5.71 Å². The van der Waals surface area contributed by atoms with Crippen LogP contribution in [0.15, 0.2) is 5.16 Å². The fourth-order valence-corrected chi connectivity index (χ4v) is 1.66. The predicted molar refractivity (Wildman–Crippen MR) is 50.5 cm³/mol. The number of amides is 1. The number of likely N-dealkylation sites (tertiary alicyclic amines) is 1. The second kappa shape index (κ2) is 4.84. The van der Waals surface area contributed by atoms with Gasteiger partial charge in [-0.3, -0.25) is 4.79 Å². The number of carbonyl (C=O) groups is 1. The van der Waals surface area contributed by atoms with Crippen LogP contribution in [0.5, 0.6) is 0 Å². The lowest BCUT2D eigenvalue weighted by molar-refractivity contribution is -0.120. The highest BCUT2D eigenvalue weighted by Gasteiger charge is 2.23. The number of hydrogen-bond acceptors (Lipinski definition) is 3. The van der Waals surface area contributed by atoms with Crippen LogP contribution in [0.1, 0.15) is 26.2 Å². The first-order valence-electron chi connectivity index (χ1n) is 4.61. The maximum Gasteiger partial charge on any atom is 0.209 e. The van der Waals surface area contributed by atoms with E-state index in [2.05, 4.69) is 12.1 Å². The summed E-state index contributed by atoms with van der Waals surface area (Å²) in [6, 6.07) is 0.306. The molecule has 1 fully saturated rings. The molecular formula is C9H16N2O2. The van der Waals surface area contributed by atoms with Crippen LogP contribution < -0.4 is 0 Å². The number of nitrogens with zero attached hydrogens (tertiary/aromatic N) is 2. The summed E-state index contributed by atoms with van der Waals surface area (Å²) in [5.74, 6) is 0. The number of carbonyl (C=O) groups excluding carboxylic acids is 1. The zero-order chi connectivity index (χ0) is 9.68. The molecule has 0 aliphatic carbocycles. The van der Waals surface area contributed by atoms with Gasteiger partial charge in [-0.25, -0.2) is 0 Å². The van der Waals surface area contributed by atoms with Gasteiger partial charge in [0.25, 0.3) is 0 Å². The van der Waals surface area contributed by atoms with E-state index in [-0.39, 0.29) is 0 Å². The van der Waals surface area contributed by atoms with Crippen molar-refractivity contribution in [2.24, 2.45) is 5.16 Å². The lowest BCUT2D eigenvalue weighted by Gasteiger charge is -2.32. The summed E-state index contributed by atoms with van der Waals surface area (Å²) in [6.45, 7) is 2.85. The van der Waals surface area contributed by atoms with Crippen molar-refractivity contribution in [2.75, 3.05) is 13.7 Å². The Morgan fingerprint density at radius 3 is 3.08 bits per heavy atom. The van der Waals surface area contributed by atoms with Crippen molar-refractivity contribution in [3.8, 4) is 0 Å². The molecule has 1 aliphatic rings. The monoisotopic (exact) mass is 184 g/mol. The first-order chi connectivity index (χ1) is 6.31. The molecule has 0 spiro atoms. The molecule has 4 heteroatoms. The Kier molecular flexibility index (Phi) is 3.73. The first kappa shape index (κ1) is 10.0. The van der Waals surface area contributed by atoms with E-state index >= 15 is 0 Å². The van der Waals surface area contributed by atoms with Crippen molar-refractivity contribution in [1.82, 2.24) is 4.90 Å². The molecule has 1 atom stereocenters. The Balaban J connectivity index is 2.57. The molecule has 0 aromatic rings. The summed E-state index contributed by atoms with van der Waals surface area (Å²) < 4.78 is 0. The fourth-order valence-electron chi connectivity index (χ4n) is 1.66. The molecule has 1 rings (SSSR count). The summed E-state index contributed by atoms with van der Waals surface area (Å²) in [4.78, 5) is 17.2. The Bertz CT molecular complexity index is 204. The highest BCUT2D eigenvalue weighted by molar-refractivity contribution is 5.86. The predicted octanol–water partition coefficient (Wildman–Crippen LogP) is 1.02. The molecule has 0 bridgehead atoms. The fraction of sp³-hybridized carbons (Fsp3) is 0.778. The molecule has 0 aromatic heterocycles. The van der Waals surface area contributed by atoms with Crippen LogP contribution in [0.3, 0.4) is 0 Å². The molecule has 0 radical (unpaired) electrons. The number of rotatable bonds is 3. The van der Waals surface area contributed by atoms with E-state index in [0.29, 0.717) is 6.04 Å². The van der Waals surface area contributed by atoms with Gasteiger partial charge in [0, 0.05) is 25.4 Å². The van der Waals surface area contributed by atoms with Gasteiger partial charge in [0.1, 0.15) is 7.11 Å². The molecule has 74 valence electrons. The summed E-state index contributed by atoms with van der Waals surface area (Å²) in [5.41, 5.74) is 1.06. The molecule has 1 saturated heterocycles. The summed E-state index contributed by atoms with van der Waals surface area (Å²) >= 11 is 0. The summed E-state index contributed by atoms with van der Waals surface area (Å²) in [7, 11) is 1.56. The third kappa shape index (κ3) is 2.44. The van der Waals surface area contributed by atoms with Crippen molar-refractivity contribution in [3.63, 3.8) is 0 Å². The normalized spacial score (nSPS) is 26.2.